The highest BCUT2D eigenvalue weighted by Crippen LogP contribution is 2.39. The maximum atomic E-state index is 13.2. The van der Waals surface area contributed by atoms with Gasteiger partial charge in [0.25, 0.3) is 0 Å². The summed E-state index contributed by atoms with van der Waals surface area (Å²) >= 11 is 0. The Kier molecular flexibility index (Phi) is 3.98. The molecule has 0 aromatic carbocycles. The largest absolute Gasteiger partial charge is 0.309 e. The summed E-state index contributed by atoms with van der Waals surface area (Å²) in [5.74, 6) is -2.22. The Morgan fingerprint density at radius 1 is 1.39 bits per heavy atom. The average molecular weight is 260 g/mol. The molecule has 1 N–H and O–H groups in total. The number of piperazine rings is 1. The summed E-state index contributed by atoms with van der Waals surface area (Å²) in [6.07, 6.45) is 1.94. The molecule has 1 heterocycles. The Balaban J connectivity index is 1.91. The van der Waals surface area contributed by atoms with Crippen LogP contribution < -0.4 is 5.32 Å². The molecule has 18 heavy (non-hydrogen) atoms. The summed E-state index contributed by atoms with van der Waals surface area (Å²) in [6, 6.07) is 0.457. The van der Waals surface area contributed by atoms with Crippen LogP contribution in [0.5, 0.6) is 0 Å². The van der Waals surface area contributed by atoms with Gasteiger partial charge in [-0.05, 0) is 32.6 Å². The molecule has 1 aliphatic carbocycles. The van der Waals surface area contributed by atoms with E-state index in [-0.39, 0.29) is 24.3 Å². The van der Waals surface area contributed by atoms with Crippen LogP contribution in [-0.2, 0) is 0 Å². The first kappa shape index (κ1) is 14.2. The van der Waals surface area contributed by atoms with E-state index in [2.05, 4.69) is 31.0 Å². The zero-order chi connectivity index (χ0) is 13.4. The monoisotopic (exact) mass is 260 g/mol. The van der Waals surface area contributed by atoms with Gasteiger partial charge in [-0.25, -0.2) is 8.78 Å². The fourth-order valence-corrected chi connectivity index (χ4v) is 3.19. The van der Waals surface area contributed by atoms with Crippen molar-refractivity contribution in [2.75, 3.05) is 19.6 Å². The van der Waals surface area contributed by atoms with Crippen LogP contribution in [0.2, 0.25) is 0 Å². The molecule has 2 fully saturated rings. The summed E-state index contributed by atoms with van der Waals surface area (Å²) in [6.45, 7) is 9.39. The van der Waals surface area contributed by atoms with Crippen molar-refractivity contribution in [3.8, 4) is 0 Å². The van der Waals surface area contributed by atoms with Crippen LogP contribution in [0, 0.1) is 5.92 Å². The molecule has 0 spiro atoms. The van der Waals surface area contributed by atoms with Gasteiger partial charge in [0.15, 0.2) is 0 Å². The van der Waals surface area contributed by atoms with Gasteiger partial charge in [0.05, 0.1) is 0 Å². The van der Waals surface area contributed by atoms with Crippen LogP contribution in [0.1, 0.15) is 46.5 Å². The normalized spacial score (nSPS) is 41.2. The quantitative estimate of drug-likeness (QED) is 0.839. The van der Waals surface area contributed by atoms with E-state index >= 15 is 0 Å². The SMILES string of the molecule is CCC1(C)CN(CC2CCC(F)(F)C2)C(C)CN1. The zero-order valence-electron chi connectivity index (χ0n) is 11.8. The summed E-state index contributed by atoms with van der Waals surface area (Å²) in [5, 5.41) is 3.58. The van der Waals surface area contributed by atoms with Crippen LogP contribution in [-0.4, -0.2) is 42.0 Å². The van der Waals surface area contributed by atoms with E-state index < -0.39 is 5.92 Å². The molecular weight excluding hydrogens is 234 g/mol. The summed E-state index contributed by atoms with van der Waals surface area (Å²) < 4.78 is 26.5. The van der Waals surface area contributed by atoms with Crippen molar-refractivity contribution in [2.45, 2.75) is 64.0 Å². The maximum Gasteiger partial charge on any atom is 0.248 e. The van der Waals surface area contributed by atoms with Crippen molar-refractivity contribution in [3.05, 3.63) is 0 Å². The van der Waals surface area contributed by atoms with Crippen LogP contribution in [0.3, 0.4) is 0 Å². The molecule has 0 radical (unpaired) electrons. The highest BCUT2D eigenvalue weighted by atomic mass is 19.3. The minimum Gasteiger partial charge on any atom is -0.309 e. The van der Waals surface area contributed by atoms with Crippen LogP contribution >= 0.6 is 0 Å². The van der Waals surface area contributed by atoms with Crippen LogP contribution in [0.25, 0.3) is 0 Å². The third kappa shape index (κ3) is 3.21. The van der Waals surface area contributed by atoms with Gasteiger partial charge in [-0.1, -0.05) is 6.92 Å². The predicted octanol–water partition coefficient (Wildman–Crippen LogP) is 2.88. The van der Waals surface area contributed by atoms with Gasteiger partial charge in [0.1, 0.15) is 0 Å². The molecule has 0 aromatic heterocycles. The van der Waals surface area contributed by atoms with Gasteiger partial charge in [0.2, 0.25) is 5.92 Å². The molecule has 2 rings (SSSR count). The molecule has 3 unspecified atom stereocenters. The fraction of sp³-hybridized carbons (Fsp3) is 1.00. The highest BCUT2D eigenvalue weighted by molar-refractivity contribution is 4.94. The smallest absolute Gasteiger partial charge is 0.248 e. The predicted molar refractivity (Wildman–Crippen MR) is 70.0 cm³/mol. The van der Waals surface area contributed by atoms with Gasteiger partial charge >= 0.3 is 0 Å². The molecule has 3 atom stereocenters. The van der Waals surface area contributed by atoms with Crippen LogP contribution in [0.15, 0.2) is 0 Å². The lowest BCUT2D eigenvalue weighted by molar-refractivity contribution is 0.000687. The van der Waals surface area contributed by atoms with E-state index in [1.54, 1.807) is 0 Å². The zero-order valence-corrected chi connectivity index (χ0v) is 11.8. The first-order chi connectivity index (χ1) is 8.34. The van der Waals surface area contributed by atoms with Crippen LogP contribution in [0.4, 0.5) is 8.78 Å². The van der Waals surface area contributed by atoms with Crippen molar-refractivity contribution < 1.29 is 8.78 Å². The topological polar surface area (TPSA) is 15.3 Å². The second kappa shape index (κ2) is 5.04. The molecule has 106 valence electrons. The molecule has 1 aliphatic heterocycles. The highest BCUT2D eigenvalue weighted by Gasteiger charge is 2.41. The van der Waals surface area contributed by atoms with Gasteiger partial charge in [-0.15, -0.1) is 0 Å². The number of halogens is 2. The molecule has 1 saturated heterocycles. The first-order valence-corrected chi connectivity index (χ1v) is 7.20. The van der Waals surface area contributed by atoms with Gasteiger partial charge in [-0.3, -0.25) is 4.90 Å². The lowest BCUT2D eigenvalue weighted by Gasteiger charge is -2.45. The standard InChI is InChI=1S/C14H26F2N2/c1-4-13(3)10-18(11(2)8-17-13)9-12-5-6-14(15,16)7-12/h11-12,17H,4-10H2,1-3H3. The van der Waals surface area contributed by atoms with E-state index in [0.717, 1.165) is 26.1 Å². The minimum absolute atomic E-state index is 0.0865. The fourth-order valence-electron chi connectivity index (χ4n) is 3.19. The average Bonchev–Trinajstić information content (AvgIpc) is 2.64. The van der Waals surface area contributed by atoms with Gasteiger partial charge in [-0.2, -0.15) is 0 Å². The summed E-state index contributed by atoms with van der Waals surface area (Å²) in [4.78, 5) is 2.41. The Labute approximate surface area is 109 Å². The number of hydrogen-bond acceptors (Lipinski definition) is 2. The molecule has 0 aromatic rings. The van der Waals surface area contributed by atoms with Gasteiger partial charge < -0.3 is 5.32 Å². The Morgan fingerprint density at radius 3 is 2.67 bits per heavy atom. The molecule has 2 nitrogen and oxygen atoms in total. The molecule has 4 heteroatoms. The second-order valence-corrected chi connectivity index (χ2v) is 6.54. The maximum absolute atomic E-state index is 13.2. The minimum atomic E-state index is -2.41. The second-order valence-electron chi connectivity index (χ2n) is 6.54. The number of nitrogens with zero attached hydrogens (tertiary/aromatic N) is 1. The summed E-state index contributed by atoms with van der Waals surface area (Å²) in [7, 11) is 0. The van der Waals surface area contributed by atoms with E-state index in [1.165, 1.54) is 0 Å². The Hall–Kier alpha value is -0.220. The molecule has 0 amide bonds. The third-order valence-electron chi connectivity index (χ3n) is 4.78. The number of hydrogen-bond donors (Lipinski definition) is 1. The van der Waals surface area contributed by atoms with Crippen molar-refractivity contribution in [1.29, 1.82) is 0 Å². The molecule has 1 saturated carbocycles. The number of rotatable bonds is 3. The van der Waals surface area contributed by atoms with E-state index in [1.807, 2.05) is 0 Å². The lowest BCUT2D eigenvalue weighted by atomic mass is 9.92. The Bertz CT molecular complexity index is 296. The number of nitrogens with one attached hydrogen (secondary N) is 1. The van der Waals surface area contributed by atoms with E-state index in [9.17, 15) is 8.78 Å². The van der Waals surface area contributed by atoms with E-state index in [0.29, 0.717) is 12.5 Å². The number of alkyl halides is 2. The molecular formula is C14H26F2N2. The third-order valence-corrected chi connectivity index (χ3v) is 4.78. The van der Waals surface area contributed by atoms with Crippen molar-refractivity contribution in [3.63, 3.8) is 0 Å². The molecule has 0 bridgehead atoms. The van der Waals surface area contributed by atoms with Crippen molar-refractivity contribution >= 4 is 0 Å². The summed E-state index contributed by atoms with van der Waals surface area (Å²) in [5.41, 5.74) is 0.146. The van der Waals surface area contributed by atoms with Gasteiger partial charge in [0, 0.05) is 44.1 Å². The first-order valence-electron chi connectivity index (χ1n) is 7.20. The lowest BCUT2D eigenvalue weighted by Crippen LogP contribution is -2.62. The van der Waals surface area contributed by atoms with Crippen molar-refractivity contribution in [1.82, 2.24) is 10.2 Å². The van der Waals surface area contributed by atoms with Crippen molar-refractivity contribution in [2.24, 2.45) is 5.92 Å². The van der Waals surface area contributed by atoms with E-state index in [4.69, 9.17) is 0 Å². The molecule has 2 aliphatic rings. The Morgan fingerprint density at radius 2 is 2.11 bits per heavy atom.